The molecule has 0 unspecified atom stereocenters. The number of hydrogen-bond acceptors (Lipinski definition) is 1. The predicted molar refractivity (Wildman–Crippen MR) is 112 cm³/mol. The quantitative estimate of drug-likeness (QED) is 0.406. The first kappa shape index (κ1) is 16.6. The van der Waals surface area contributed by atoms with Crippen molar-refractivity contribution in [3.63, 3.8) is 0 Å². The van der Waals surface area contributed by atoms with Crippen molar-refractivity contribution < 1.29 is 0 Å². The Labute approximate surface area is 154 Å². The van der Waals surface area contributed by atoms with E-state index < -0.39 is 0 Å². The van der Waals surface area contributed by atoms with E-state index in [-0.39, 0.29) is 0 Å². The second-order valence-corrected chi connectivity index (χ2v) is 7.02. The zero-order valence-corrected chi connectivity index (χ0v) is 15.9. The number of allylic oxidation sites excluding steroid dienone is 2. The molecule has 26 heavy (non-hydrogen) atoms. The Hall–Kier alpha value is -2.87. The summed E-state index contributed by atoms with van der Waals surface area (Å²) < 4.78 is 2.38. The zero-order valence-electron chi connectivity index (χ0n) is 15.9. The summed E-state index contributed by atoms with van der Waals surface area (Å²) in [6.07, 6.45) is 1.90. The Bertz CT molecular complexity index is 1130. The molecule has 0 aliphatic heterocycles. The van der Waals surface area contributed by atoms with Crippen molar-refractivity contribution >= 4 is 27.5 Å². The van der Waals surface area contributed by atoms with Crippen molar-refractivity contribution in [3.8, 4) is 11.1 Å². The maximum absolute atomic E-state index is 4.74. The number of hydrogen-bond donors (Lipinski definition) is 0. The number of nitrogens with zero attached hydrogens (tertiary/aromatic N) is 2. The molecule has 0 N–H and O–H groups in total. The molecular formula is C24H24N2. The van der Waals surface area contributed by atoms with Gasteiger partial charge in [0.25, 0.3) is 0 Å². The van der Waals surface area contributed by atoms with E-state index in [2.05, 4.69) is 80.8 Å². The van der Waals surface area contributed by atoms with Crippen molar-refractivity contribution in [2.75, 3.05) is 0 Å². The molecule has 4 aromatic rings. The monoisotopic (exact) mass is 340 g/mol. The molecule has 0 radical (unpaired) electrons. The fourth-order valence-corrected chi connectivity index (χ4v) is 3.73. The summed E-state index contributed by atoms with van der Waals surface area (Å²) in [4.78, 5) is 4.74. The van der Waals surface area contributed by atoms with Crippen LogP contribution < -0.4 is 0 Å². The summed E-state index contributed by atoms with van der Waals surface area (Å²) in [5.74, 6) is 0. The number of fused-ring (bicyclic) bond motifs is 3. The third kappa shape index (κ3) is 2.53. The largest absolute Gasteiger partial charge is 0.339 e. The molecule has 2 aromatic carbocycles. The lowest BCUT2D eigenvalue weighted by Gasteiger charge is -2.12. The lowest BCUT2D eigenvalue weighted by molar-refractivity contribution is 0.826. The van der Waals surface area contributed by atoms with E-state index in [1.807, 2.05) is 12.3 Å². The number of rotatable bonds is 3. The Morgan fingerprint density at radius 3 is 2.35 bits per heavy atom. The first-order valence-corrected chi connectivity index (χ1v) is 9.22. The van der Waals surface area contributed by atoms with Gasteiger partial charge in [-0.15, -0.1) is 0 Å². The van der Waals surface area contributed by atoms with Crippen LogP contribution in [0.5, 0.6) is 0 Å². The van der Waals surface area contributed by atoms with E-state index in [4.69, 9.17) is 4.98 Å². The summed E-state index contributed by atoms with van der Waals surface area (Å²) in [5.41, 5.74) is 10.0. The van der Waals surface area contributed by atoms with E-state index in [0.717, 1.165) is 12.1 Å². The van der Waals surface area contributed by atoms with Gasteiger partial charge in [0.2, 0.25) is 0 Å². The highest BCUT2D eigenvalue weighted by molar-refractivity contribution is 6.12. The van der Waals surface area contributed by atoms with Gasteiger partial charge in [0, 0.05) is 18.1 Å². The molecule has 0 aliphatic rings. The molecule has 0 aliphatic carbocycles. The minimum Gasteiger partial charge on any atom is -0.339 e. The second-order valence-electron chi connectivity index (χ2n) is 7.02. The summed E-state index contributed by atoms with van der Waals surface area (Å²) in [7, 11) is 0. The molecule has 0 saturated carbocycles. The second kappa shape index (κ2) is 6.45. The molecule has 0 bridgehead atoms. The average Bonchev–Trinajstić information content (AvgIpc) is 3.00. The molecule has 0 atom stereocenters. The Balaban J connectivity index is 2.20. The van der Waals surface area contributed by atoms with Gasteiger partial charge in [0.05, 0.1) is 16.6 Å². The Morgan fingerprint density at radius 1 is 0.885 bits per heavy atom. The molecule has 2 heterocycles. The standard InChI is InChI=1S/C24H24N2/c1-5-26-21-12-9-13-25-24(21)23-20(17(4)16(2)3)14-19(15-22(23)26)18-10-7-6-8-11-18/h6-15H,5H2,1-4H3. The van der Waals surface area contributed by atoms with Crippen molar-refractivity contribution in [3.05, 3.63) is 71.9 Å². The lowest BCUT2D eigenvalue weighted by Crippen LogP contribution is -1.94. The molecule has 2 heteroatoms. The normalized spacial score (nSPS) is 11.2. The minimum atomic E-state index is 0.928. The van der Waals surface area contributed by atoms with Crippen molar-refractivity contribution in [2.45, 2.75) is 34.2 Å². The van der Waals surface area contributed by atoms with Gasteiger partial charge in [-0.25, -0.2) is 0 Å². The smallest absolute Gasteiger partial charge is 0.0965 e. The number of benzene rings is 2. The van der Waals surface area contributed by atoms with E-state index in [9.17, 15) is 0 Å². The average molecular weight is 340 g/mol. The van der Waals surface area contributed by atoms with E-state index in [0.29, 0.717) is 0 Å². The van der Waals surface area contributed by atoms with Gasteiger partial charge in [-0.05, 0) is 74.2 Å². The molecule has 0 fully saturated rings. The van der Waals surface area contributed by atoms with Crippen LogP contribution in [-0.2, 0) is 6.54 Å². The van der Waals surface area contributed by atoms with Gasteiger partial charge >= 0.3 is 0 Å². The first-order chi connectivity index (χ1) is 12.6. The van der Waals surface area contributed by atoms with Gasteiger partial charge in [-0.2, -0.15) is 0 Å². The third-order valence-electron chi connectivity index (χ3n) is 5.30. The van der Waals surface area contributed by atoms with Gasteiger partial charge in [-0.3, -0.25) is 4.98 Å². The van der Waals surface area contributed by atoms with Gasteiger partial charge in [0.15, 0.2) is 0 Å². The highest BCUT2D eigenvalue weighted by Crippen LogP contribution is 2.38. The highest BCUT2D eigenvalue weighted by atomic mass is 15.0. The predicted octanol–water partition coefficient (Wildman–Crippen LogP) is 6.69. The van der Waals surface area contributed by atoms with Gasteiger partial charge in [0.1, 0.15) is 0 Å². The molecule has 0 amide bonds. The summed E-state index contributed by atoms with van der Waals surface area (Å²) in [6.45, 7) is 9.72. The SMILES string of the molecule is CCn1c2cccnc2c2c(C(C)=C(C)C)cc(-c3ccccc3)cc21. The maximum Gasteiger partial charge on any atom is 0.0965 e. The number of pyridine rings is 1. The lowest BCUT2D eigenvalue weighted by atomic mass is 9.94. The van der Waals surface area contributed by atoms with E-state index in [1.165, 1.54) is 44.3 Å². The van der Waals surface area contributed by atoms with Crippen LogP contribution in [0.15, 0.2) is 66.4 Å². The van der Waals surface area contributed by atoms with Crippen LogP contribution in [0, 0.1) is 0 Å². The van der Waals surface area contributed by atoms with E-state index in [1.54, 1.807) is 0 Å². The van der Waals surface area contributed by atoms with Crippen molar-refractivity contribution in [1.82, 2.24) is 9.55 Å². The molecule has 4 rings (SSSR count). The third-order valence-corrected chi connectivity index (χ3v) is 5.30. The molecule has 2 nitrogen and oxygen atoms in total. The Kier molecular flexibility index (Phi) is 4.12. The Morgan fingerprint density at radius 2 is 1.65 bits per heavy atom. The van der Waals surface area contributed by atoms with E-state index >= 15 is 0 Å². The first-order valence-electron chi connectivity index (χ1n) is 9.22. The molecule has 2 aromatic heterocycles. The van der Waals surface area contributed by atoms with Crippen molar-refractivity contribution in [2.24, 2.45) is 0 Å². The number of aryl methyl sites for hydroxylation is 1. The van der Waals surface area contributed by atoms with Gasteiger partial charge in [-0.1, -0.05) is 35.9 Å². The van der Waals surface area contributed by atoms with Crippen LogP contribution in [0.1, 0.15) is 33.3 Å². The van der Waals surface area contributed by atoms with Crippen LogP contribution in [0.4, 0.5) is 0 Å². The highest BCUT2D eigenvalue weighted by Gasteiger charge is 2.17. The van der Waals surface area contributed by atoms with Crippen LogP contribution in [-0.4, -0.2) is 9.55 Å². The number of aromatic nitrogens is 2. The van der Waals surface area contributed by atoms with Crippen LogP contribution in [0.2, 0.25) is 0 Å². The minimum absolute atomic E-state index is 0.928. The van der Waals surface area contributed by atoms with Crippen LogP contribution >= 0.6 is 0 Å². The van der Waals surface area contributed by atoms with Crippen molar-refractivity contribution in [1.29, 1.82) is 0 Å². The van der Waals surface area contributed by atoms with Gasteiger partial charge < -0.3 is 4.57 Å². The zero-order chi connectivity index (χ0) is 18.3. The molecule has 0 saturated heterocycles. The fraction of sp³-hybridized carbons (Fsp3) is 0.208. The molecular weight excluding hydrogens is 316 g/mol. The maximum atomic E-state index is 4.74. The summed E-state index contributed by atoms with van der Waals surface area (Å²) >= 11 is 0. The fourth-order valence-electron chi connectivity index (χ4n) is 3.73. The molecule has 130 valence electrons. The topological polar surface area (TPSA) is 17.8 Å². The summed E-state index contributed by atoms with van der Waals surface area (Å²) in [6, 6.07) is 19.5. The van der Waals surface area contributed by atoms with Crippen LogP contribution in [0.25, 0.3) is 38.6 Å². The molecule has 0 spiro atoms. The van der Waals surface area contributed by atoms with Crippen LogP contribution in [0.3, 0.4) is 0 Å². The summed E-state index contributed by atoms with van der Waals surface area (Å²) in [5, 5.41) is 1.26.